The quantitative estimate of drug-likeness (QED) is 0.711. The molecular formula is C12H13N3O2. The van der Waals surface area contributed by atoms with E-state index in [1.807, 2.05) is 12.1 Å². The fourth-order valence-corrected chi connectivity index (χ4v) is 2.32. The molecule has 17 heavy (non-hydrogen) atoms. The van der Waals surface area contributed by atoms with Gasteiger partial charge >= 0.3 is 5.97 Å². The van der Waals surface area contributed by atoms with E-state index in [9.17, 15) is 4.79 Å². The Kier molecular flexibility index (Phi) is 2.33. The number of aromatic amines is 1. The van der Waals surface area contributed by atoms with Crippen LogP contribution in [0.5, 0.6) is 0 Å². The van der Waals surface area contributed by atoms with Crippen LogP contribution in [0, 0.1) is 0 Å². The molecule has 0 bridgehead atoms. The molecule has 0 fully saturated rings. The van der Waals surface area contributed by atoms with Crippen LogP contribution in [-0.4, -0.2) is 29.1 Å². The highest BCUT2D eigenvalue weighted by molar-refractivity contribution is 5.84. The third kappa shape index (κ3) is 1.59. The molecule has 5 nitrogen and oxygen atoms in total. The summed E-state index contributed by atoms with van der Waals surface area (Å²) in [6.07, 6.45) is 2.41. The Labute approximate surface area is 98.2 Å². The number of fused-ring (bicyclic) bond motifs is 3. The smallest absolute Gasteiger partial charge is 0.323 e. The first-order chi connectivity index (χ1) is 8.29. The maximum absolute atomic E-state index is 11.5. The van der Waals surface area contributed by atoms with E-state index in [0.717, 1.165) is 16.7 Å². The van der Waals surface area contributed by atoms with Gasteiger partial charge in [0.05, 0.1) is 7.11 Å². The number of methoxy groups -OCH3 is 1. The molecule has 0 aliphatic carbocycles. The van der Waals surface area contributed by atoms with E-state index >= 15 is 0 Å². The van der Waals surface area contributed by atoms with Crippen LogP contribution >= 0.6 is 0 Å². The average molecular weight is 231 g/mol. The molecule has 0 saturated heterocycles. The molecule has 0 saturated carbocycles. The number of H-pyrrole nitrogens is 1. The van der Waals surface area contributed by atoms with Gasteiger partial charge in [-0.05, 0) is 17.7 Å². The number of nitrogens with zero attached hydrogens (tertiary/aromatic N) is 1. The fourth-order valence-electron chi connectivity index (χ4n) is 2.32. The molecule has 1 aliphatic heterocycles. The molecule has 88 valence electrons. The Morgan fingerprint density at radius 2 is 2.47 bits per heavy atom. The molecule has 5 heteroatoms. The lowest BCUT2D eigenvalue weighted by Gasteiger charge is -2.21. The van der Waals surface area contributed by atoms with Gasteiger partial charge in [-0.3, -0.25) is 10.1 Å². The number of aromatic nitrogens is 2. The molecular weight excluding hydrogens is 218 g/mol. The van der Waals surface area contributed by atoms with E-state index in [2.05, 4.69) is 15.3 Å². The lowest BCUT2D eigenvalue weighted by atomic mass is 9.99. The summed E-state index contributed by atoms with van der Waals surface area (Å²) in [6, 6.07) is 3.68. The van der Waals surface area contributed by atoms with Crippen molar-refractivity contribution in [1.82, 2.24) is 15.3 Å². The van der Waals surface area contributed by atoms with Gasteiger partial charge in [0.2, 0.25) is 0 Å². The monoisotopic (exact) mass is 231 g/mol. The second kappa shape index (κ2) is 3.85. The predicted octanol–water partition coefficient (Wildman–Crippen LogP) is 0.750. The predicted molar refractivity (Wildman–Crippen MR) is 62.4 cm³/mol. The number of ether oxygens (including phenoxy) is 1. The molecule has 2 N–H and O–H groups in total. The summed E-state index contributed by atoms with van der Waals surface area (Å²) < 4.78 is 4.77. The van der Waals surface area contributed by atoms with E-state index in [1.54, 1.807) is 6.20 Å². The van der Waals surface area contributed by atoms with E-state index in [0.29, 0.717) is 13.0 Å². The first-order valence-electron chi connectivity index (χ1n) is 5.55. The molecule has 1 aliphatic rings. The van der Waals surface area contributed by atoms with Crippen molar-refractivity contribution in [2.24, 2.45) is 0 Å². The molecule has 0 unspecified atom stereocenters. The number of hydrogen-bond donors (Lipinski definition) is 2. The normalized spacial score (nSPS) is 19.0. The van der Waals surface area contributed by atoms with Crippen LogP contribution in [-0.2, 0) is 22.5 Å². The summed E-state index contributed by atoms with van der Waals surface area (Å²) in [5, 5.41) is 4.25. The standard InChI is InChI=1S/C12H13N3O2/c1-17-12(16)9-5-8-7-3-2-4-13-11(7)15-10(8)6-14-9/h2-4,9,14H,5-6H2,1H3,(H,13,15)/t9-/m0/s1. The van der Waals surface area contributed by atoms with Crippen LogP contribution in [0.1, 0.15) is 11.3 Å². The molecule has 2 aromatic rings. The van der Waals surface area contributed by atoms with Crippen molar-refractivity contribution in [1.29, 1.82) is 0 Å². The van der Waals surface area contributed by atoms with Crippen LogP contribution < -0.4 is 5.32 Å². The van der Waals surface area contributed by atoms with E-state index in [4.69, 9.17) is 4.74 Å². The average Bonchev–Trinajstić information content (AvgIpc) is 2.75. The van der Waals surface area contributed by atoms with Crippen LogP contribution in [0.25, 0.3) is 11.0 Å². The molecule has 0 spiro atoms. The van der Waals surface area contributed by atoms with E-state index in [-0.39, 0.29) is 12.0 Å². The van der Waals surface area contributed by atoms with Crippen molar-refractivity contribution in [2.45, 2.75) is 19.0 Å². The summed E-state index contributed by atoms with van der Waals surface area (Å²) in [5.74, 6) is -0.214. The number of carbonyl (C=O) groups excluding carboxylic acids is 1. The summed E-state index contributed by atoms with van der Waals surface area (Å²) in [4.78, 5) is 19.1. The van der Waals surface area contributed by atoms with Crippen LogP contribution in [0.2, 0.25) is 0 Å². The highest BCUT2D eigenvalue weighted by atomic mass is 16.5. The third-order valence-corrected chi connectivity index (χ3v) is 3.19. The van der Waals surface area contributed by atoms with Crippen molar-refractivity contribution < 1.29 is 9.53 Å². The van der Waals surface area contributed by atoms with Gasteiger partial charge in [-0.15, -0.1) is 0 Å². The van der Waals surface area contributed by atoms with Gasteiger partial charge in [0.1, 0.15) is 11.7 Å². The second-order valence-corrected chi connectivity index (χ2v) is 4.14. The van der Waals surface area contributed by atoms with Crippen LogP contribution in [0.4, 0.5) is 0 Å². The molecule has 0 aromatic carbocycles. The van der Waals surface area contributed by atoms with Gasteiger partial charge in [0.15, 0.2) is 0 Å². The Hall–Kier alpha value is -1.88. The Bertz CT molecular complexity index is 576. The minimum Gasteiger partial charge on any atom is -0.468 e. The Balaban J connectivity index is 2.03. The summed E-state index contributed by atoms with van der Waals surface area (Å²) in [6.45, 7) is 0.644. The zero-order valence-electron chi connectivity index (χ0n) is 9.49. The number of nitrogens with one attached hydrogen (secondary N) is 2. The van der Waals surface area contributed by atoms with Gasteiger partial charge in [-0.25, -0.2) is 4.98 Å². The van der Waals surface area contributed by atoms with Gasteiger partial charge < -0.3 is 9.72 Å². The maximum Gasteiger partial charge on any atom is 0.323 e. The lowest BCUT2D eigenvalue weighted by molar-refractivity contribution is -0.143. The fraction of sp³-hybridized carbons (Fsp3) is 0.333. The maximum atomic E-state index is 11.5. The molecule has 0 amide bonds. The van der Waals surface area contributed by atoms with Gasteiger partial charge in [-0.2, -0.15) is 0 Å². The largest absolute Gasteiger partial charge is 0.468 e. The van der Waals surface area contributed by atoms with Gasteiger partial charge in [0.25, 0.3) is 0 Å². The highest BCUT2D eigenvalue weighted by Crippen LogP contribution is 2.25. The minimum atomic E-state index is -0.258. The van der Waals surface area contributed by atoms with Crippen molar-refractivity contribution in [3.8, 4) is 0 Å². The van der Waals surface area contributed by atoms with E-state index in [1.165, 1.54) is 12.7 Å². The second-order valence-electron chi connectivity index (χ2n) is 4.14. The molecule has 3 rings (SSSR count). The summed E-state index contributed by atoms with van der Waals surface area (Å²) in [5.41, 5.74) is 3.16. The first-order valence-corrected chi connectivity index (χ1v) is 5.55. The van der Waals surface area contributed by atoms with Gasteiger partial charge in [0, 0.05) is 30.2 Å². The topological polar surface area (TPSA) is 67.0 Å². The molecule has 3 heterocycles. The number of carbonyl (C=O) groups is 1. The van der Waals surface area contributed by atoms with Crippen molar-refractivity contribution in [3.05, 3.63) is 29.6 Å². The summed E-state index contributed by atoms with van der Waals surface area (Å²) in [7, 11) is 1.41. The molecule has 0 radical (unpaired) electrons. The minimum absolute atomic E-state index is 0.214. The van der Waals surface area contributed by atoms with E-state index < -0.39 is 0 Å². The first kappa shape index (κ1) is 10.3. The third-order valence-electron chi connectivity index (χ3n) is 3.19. The zero-order chi connectivity index (χ0) is 11.8. The van der Waals surface area contributed by atoms with Crippen LogP contribution in [0.15, 0.2) is 18.3 Å². The number of rotatable bonds is 1. The van der Waals surface area contributed by atoms with Crippen molar-refractivity contribution in [2.75, 3.05) is 7.11 Å². The lowest BCUT2D eigenvalue weighted by Crippen LogP contribution is -2.42. The van der Waals surface area contributed by atoms with Crippen LogP contribution in [0.3, 0.4) is 0 Å². The number of pyridine rings is 1. The SMILES string of the molecule is COC(=O)[C@@H]1Cc2c([nH]c3ncccc23)CN1. The molecule has 1 atom stereocenters. The highest BCUT2D eigenvalue weighted by Gasteiger charge is 2.27. The molecule has 2 aromatic heterocycles. The van der Waals surface area contributed by atoms with Crippen molar-refractivity contribution >= 4 is 17.0 Å². The van der Waals surface area contributed by atoms with Gasteiger partial charge in [-0.1, -0.05) is 0 Å². The number of hydrogen-bond acceptors (Lipinski definition) is 4. The Morgan fingerprint density at radius 3 is 3.29 bits per heavy atom. The summed E-state index contributed by atoms with van der Waals surface area (Å²) >= 11 is 0. The number of esters is 1. The zero-order valence-corrected chi connectivity index (χ0v) is 9.49. The van der Waals surface area contributed by atoms with Crippen molar-refractivity contribution in [3.63, 3.8) is 0 Å². The Morgan fingerprint density at radius 1 is 1.59 bits per heavy atom.